The van der Waals surface area contributed by atoms with Gasteiger partial charge >= 0.3 is 0 Å². The number of methoxy groups -OCH3 is 2. The van der Waals surface area contributed by atoms with E-state index in [-0.39, 0.29) is 24.3 Å². The normalized spacial score (nSPS) is 14.6. The average Bonchev–Trinajstić information content (AvgIpc) is 3.61. The van der Waals surface area contributed by atoms with E-state index in [4.69, 9.17) is 13.9 Å². The molecule has 7 nitrogen and oxygen atoms in total. The number of thiophene rings is 1. The number of nitrogens with one attached hydrogen (secondary N) is 1. The molecule has 34 heavy (non-hydrogen) atoms. The molecule has 1 fully saturated rings. The van der Waals surface area contributed by atoms with Gasteiger partial charge in [-0.15, -0.1) is 11.3 Å². The van der Waals surface area contributed by atoms with Gasteiger partial charge < -0.3 is 19.2 Å². The molecule has 3 aromatic rings. The molecule has 0 bridgehead atoms. The minimum atomic E-state index is -0.974. The quantitative estimate of drug-likeness (QED) is 0.462. The number of ether oxygens (including phenoxy) is 2. The van der Waals surface area contributed by atoms with E-state index < -0.39 is 6.04 Å². The largest absolute Gasteiger partial charge is 0.497 e. The third-order valence-corrected chi connectivity index (χ3v) is 6.90. The van der Waals surface area contributed by atoms with Crippen LogP contribution in [0.15, 0.2) is 52.3 Å². The molecule has 4 rings (SSSR count). The van der Waals surface area contributed by atoms with Crippen molar-refractivity contribution in [1.29, 1.82) is 0 Å². The molecule has 1 aliphatic rings. The summed E-state index contributed by atoms with van der Waals surface area (Å²) in [7, 11) is 3.10. The van der Waals surface area contributed by atoms with Crippen molar-refractivity contribution in [2.45, 2.75) is 51.1 Å². The molecule has 0 spiro atoms. The van der Waals surface area contributed by atoms with Crippen LogP contribution in [0.1, 0.15) is 48.1 Å². The van der Waals surface area contributed by atoms with Crippen LogP contribution in [0.25, 0.3) is 0 Å². The van der Waals surface area contributed by atoms with Crippen molar-refractivity contribution in [2.24, 2.45) is 0 Å². The van der Waals surface area contributed by atoms with E-state index in [9.17, 15) is 9.59 Å². The Morgan fingerprint density at radius 3 is 2.38 bits per heavy atom. The molecule has 0 aliphatic heterocycles. The molecule has 0 radical (unpaired) electrons. The van der Waals surface area contributed by atoms with E-state index in [0.717, 1.165) is 30.6 Å². The summed E-state index contributed by atoms with van der Waals surface area (Å²) in [4.78, 5) is 29.9. The van der Waals surface area contributed by atoms with Crippen molar-refractivity contribution >= 4 is 28.8 Å². The first kappa shape index (κ1) is 23.9. The second kappa shape index (κ2) is 10.8. The number of furan rings is 1. The molecular formula is C26H30N2O5S. The standard InChI is InChI=1S/C26H30N2O5S/c1-17-10-11-23(33-17)25(26(30)27-18-7-4-5-8-18)28(24(29)16-22-9-6-12-34-22)19-13-20(31-2)15-21(14-19)32-3/h6,9-15,18,25H,4-5,7-8,16H2,1-3H3,(H,27,30)/t25-/m0/s1. The molecule has 0 saturated heterocycles. The topological polar surface area (TPSA) is 81.0 Å². The van der Waals surface area contributed by atoms with Gasteiger partial charge in [-0.2, -0.15) is 0 Å². The van der Waals surface area contributed by atoms with Gasteiger partial charge in [0.1, 0.15) is 23.0 Å². The lowest BCUT2D eigenvalue weighted by Crippen LogP contribution is -2.46. The van der Waals surface area contributed by atoms with Crippen LogP contribution in [0.5, 0.6) is 11.5 Å². The summed E-state index contributed by atoms with van der Waals surface area (Å²) < 4.78 is 16.8. The van der Waals surface area contributed by atoms with Gasteiger partial charge in [0, 0.05) is 29.1 Å². The zero-order valence-corrected chi connectivity index (χ0v) is 20.5. The summed E-state index contributed by atoms with van der Waals surface area (Å²) in [5.41, 5.74) is 0.499. The second-order valence-electron chi connectivity index (χ2n) is 8.43. The number of carbonyl (C=O) groups is 2. The van der Waals surface area contributed by atoms with Gasteiger partial charge in [0.15, 0.2) is 6.04 Å². The Bertz CT molecular complexity index is 1100. The molecule has 1 atom stereocenters. The molecule has 1 aliphatic carbocycles. The Labute approximate surface area is 203 Å². The van der Waals surface area contributed by atoms with Crippen LogP contribution in [-0.2, 0) is 16.0 Å². The molecule has 2 amide bonds. The van der Waals surface area contributed by atoms with E-state index in [0.29, 0.717) is 28.7 Å². The predicted molar refractivity (Wildman–Crippen MR) is 132 cm³/mol. The third kappa shape index (κ3) is 5.44. The molecule has 180 valence electrons. The Kier molecular flexibility index (Phi) is 7.57. The lowest BCUT2D eigenvalue weighted by Gasteiger charge is -2.31. The van der Waals surface area contributed by atoms with Crippen LogP contribution in [-0.4, -0.2) is 32.1 Å². The van der Waals surface area contributed by atoms with E-state index in [1.807, 2.05) is 24.4 Å². The molecule has 8 heteroatoms. The summed E-state index contributed by atoms with van der Waals surface area (Å²) >= 11 is 1.50. The Hall–Kier alpha value is -3.26. The fourth-order valence-electron chi connectivity index (χ4n) is 4.34. The van der Waals surface area contributed by atoms with Crippen molar-refractivity contribution in [3.05, 3.63) is 64.2 Å². The summed E-state index contributed by atoms with van der Waals surface area (Å²) in [5, 5.41) is 5.09. The number of anilines is 1. The van der Waals surface area contributed by atoms with Crippen molar-refractivity contribution in [2.75, 3.05) is 19.1 Å². The van der Waals surface area contributed by atoms with Gasteiger partial charge in [-0.1, -0.05) is 18.9 Å². The van der Waals surface area contributed by atoms with Gasteiger partial charge in [0.25, 0.3) is 5.91 Å². The Balaban J connectivity index is 1.80. The highest BCUT2D eigenvalue weighted by molar-refractivity contribution is 7.10. The van der Waals surface area contributed by atoms with Crippen LogP contribution in [0.3, 0.4) is 0 Å². The van der Waals surface area contributed by atoms with Crippen molar-refractivity contribution in [3.63, 3.8) is 0 Å². The maximum absolute atomic E-state index is 13.8. The summed E-state index contributed by atoms with van der Waals surface area (Å²) in [6, 6.07) is 11.7. The van der Waals surface area contributed by atoms with Crippen molar-refractivity contribution in [3.8, 4) is 11.5 Å². The van der Waals surface area contributed by atoms with E-state index in [1.54, 1.807) is 44.6 Å². The van der Waals surface area contributed by atoms with Crippen molar-refractivity contribution in [1.82, 2.24) is 5.32 Å². The number of amides is 2. The van der Waals surface area contributed by atoms with Crippen LogP contribution in [0.2, 0.25) is 0 Å². The fourth-order valence-corrected chi connectivity index (χ4v) is 5.04. The number of aryl methyl sites for hydroxylation is 1. The summed E-state index contributed by atoms with van der Waals surface area (Å²) in [6.07, 6.45) is 4.20. The molecule has 1 N–H and O–H groups in total. The smallest absolute Gasteiger partial charge is 0.251 e. The van der Waals surface area contributed by atoms with Gasteiger partial charge in [0.05, 0.1) is 26.3 Å². The van der Waals surface area contributed by atoms with Gasteiger partial charge in [0.2, 0.25) is 5.91 Å². The minimum Gasteiger partial charge on any atom is -0.497 e. The zero-order valence-electron chi connectivity index (χ0n) is 19.7. The highest BCUT2D eigenvalue weighted by atomic mass is 32.1. The lowest BCUT2D eigenvalue weighted by molar-refractivity contribution is -0.127. The number of rotatable bonds is 9. The molecule has 1 aromatic carbocycles. The minimum absolute atomic E-state index is 0.0974. The summed E-state index contributed by atoms with van der Waals surface area (Å²) in [6.45, 7) is 1.82. The molecule has 2 aromatic heterocycles. The van der Waals surface area contributed by atoms with Gasteiger partial charge in [-0.25, -0.2) is 0 Å². The SMILES string of the molecule is COc1cc(OC)cc(N(C(=O)Cc2cccs2)[C@H](C(=O)NC2CCCC2)c2ccc(C)o2)c1. The molecule has 1 saturated carbocycles. The first-order chi connectivity index (χ1) is 16.5. The van der Waals surface area contributed by atoms with Gasteiger partial charge in [-0.3, -0.25) is 14.5 Å². The van der Waals surface area contributed by atoms with Crippen LogP contribution in [0, 0.1) is 6.92 Å². The lowest BCUT2D eigenvalue weighted by atomic mass is 10.1. The number of nitrogens with zero attached hydrogens (tertiary/aromatic N) is 1. The molecule has 2 heterocycles. The van der Waals surface area contributed by atoms with Crippen LogP contribution in [0.4, 0.5) is 5.69 Å². The first-order valence-electron chi connectivity index (χ1n) is 11.4. The molecular weight excluding hydrogens is 452 g/mol. The third-order valence-electron chi connectivity index (χ3n) is 6.03. The Morgan fingerprint density at radius 2 is 1.82 bits per heavy atom. The van der Waals surface area contributed by atoms with Gasteiger partial charge in [-0.05, 0) is 43.3 Å². The molecule has 0 unspecified atom stereocenters. The fraction of sp³-hybridized carbons (Fsp3) is 0.385. The first-order valence-corrected chi connectivity index (χ1v) is 12.3. The van der Waals surface area contributed by atoms with Crippen LogP contribution < -0.4 is 19.7 Å². The van der Waals surface area contributed by atoms with E-state index in [1.165, 1.54) is 16.2 Å². The number of benzene rings is 1. The maximum atomic E-state index is 13.8. The number of hydrogen-bond acceptors (Lipinski definition) is 6. The van der Waals surface area contributed by atoms with E-state index in [2.05, 4.69) is 5.32 Å². The summed E-state index contributed by atoms with van der Waals surface area (Å²) in [5.74, 6) is 1.64. The second-order valence-corrected chi connectivity index (χ2v) is 9.46. The average molecular weight is 483 g/mol. The Morgan fingerprint density at radius 1 is 1.12 bits per heavy atom. The monoisotopic (exact) mass is 482 g/mol. The van der Waals surface area contributed by atoms with E-state index >= 15 is 0 Å². The maximum Gasteiger partial charge on any atom is 0.251 e. The highest BCUT2D eigenvalue weighted by Crippen LogP contribution is 2.35. The highest BCUT2D eigenvalue weighted by Gasteiger charge is 2.37. The zero-order chi connectivity index (χ0) is 24.1. The van der Waals surface area contributed by atoms with Crippen LogP contribution >= 0.6 is 11.3 Å². The predicted octanol–water partition coefficient (Wildman–Crippen LogP) is 5.04. The van der Waals surface area contributed by atoms with Crippen molar-refractivity contribution < 1.29 is 23.5 Å². The number of hydrogen-bond donors (Lipinski definition) is 1. The number of carbonyl (C=O) groups excluding carboxylic acids is 2.